The van der Waals surface area contributed by atoms with Crippen molar-refractivity contribution in [3.8, 4) is 0 Å². The Bertz CT molecular complexity index is 956. The number of nitro benzene ring substituents is 1. The van der Waals surface area contributed by atoms with Gasteiger partial charge in [0.15, 0.2) is 4.34 Å². The van der Waals surface area contributed by atoms with Gasteiger partial charge < -0.3 is 5.32 Å². The molecule has 12 heteroatoms. The molecule has 0 saturated carbocycles. The zero-order chi connectivity index (χ0) is 19.2. The van der Waals surface area contributed by atoms with Crippen LogP contribution in [0.1, 0.15) is 9.67 Å². The summed E-state index contributed by atoms with van der Waals surface area (Å²) in [6.45, 7) is 0. The Morgan fingerprint density at radius 1 is 1.15 bits per heavy atom. The maximum atomic E-state index is 12.0. The van der Waals surface area contributed by atoms with Crippen LogP contribution in [0.2, 0.25) is 0 Å². The highest BCUT2D eigenvalue weighted by atomic mass is 32.2. The number of thiophene rings is 1. The molecule has 0 aliphatic heterocycles. The molecule has 2 amide bonds. The van der Waals surface area contributed by atoms with Crippen LogP contribution < -0.4 is 10.6 Å². The summed E-state index contributed by atoms with van der Waals surface area (Å²) in [4.78, 5) is 34.6. The Labute approximate surface area is 165 Å². The minimum atomic E-state index is -0.508. The van der Waals surface area contributed by atoms with Gasteiger partial charge in [-0.05, 0) is 23.6 Å². The molecule has 1 aromatic carbocycles. The highest BCUT2D eigenvalue weighted by Gasteiger charge is 2.13. The van der Waals surface area contributed by atoms with E-state index >= 15 is 0 Å². The van der Waals surface area contributed by atoms with Crippen molar-refractivity contribution in [3.63, 3.8) is 0 Å². The zero-order valence-corrected chi connectivity index (χ0v) is 15.9. The van der Waals surface area contributed by atoms with E-state index < -0.39 is 4.92 Å². The van der Waals surface area contributed by atoms with E-state index in [2.05, 4.69) is 20.8 Å². The number of carbonyl (C=O) groups excluding carboxylic acids is 2. The van der Waals surface area contributed by atoms with Crippen molar-refractivity contribution < 1.29 is 14.5 Å². The lowest BCUT2D eigenvalue weighted by Gasteiger charge is -2.03. The first kappa shape index (κ1) is 18.9. The first-order chi connectivity index (χ1) is 13.0. The Morgan fingerprint density at radius 3 is 2.59 bits per heavy atom. The number of nitro groups is 1. The summed E-state index contributed by atoms with van der Waals surface area (Å²) in [7, 11) is 0. The van der Waals surface area contributed by atoms with Crippen LogP contribution in [-0.4, -0.2) is 32.7 Å². The molecule has 2 N–H and O–H groups in total. The summed E-state index contributed by atoms with van der Waals surface area (Å²) in [5.74, 6) is -0.452. The van der Waals surface area contributed by atoms with E-state index in [4.69, 9.17) is 0 Å². The molecule has 0 aliphatic rings. The Morgan fingerprint density at radius 2 is 1.93 bits per heavy atom. The average molecular weight is 421 g/mol. The molecule has 2 aromatic heterocycles. The Balaban J connectivity index is 1.48. The molecule has 2 heterocycles. The summed E-state index contributed by atoms with van der Waals surface area (Å²) in [5.41, 5.74) is 0.417. The van der Waals surface area contributed by atoms with Crippen LogP contribution in [0.5, 0.6) is 0 Å². The van der Waals surface area contributed by atoms with E-state index in [9.17, 15) is 19.7 Å². The van der Waals surface area contributed by atoms with Gasteiger partial charge in [-0.25, -0.2) is 0 Å². The van der Waals surface area contributed by atoms with Crippen molar-refractivity contribution in [2.24, 2.45) is 0 Å². The fourth-order valence-corrected chi connectivity index (χ4v) is 4.04. The third kappa shape index (κ3) is 5.32. The van der Waals surface area contributed by atoms with Gasteiger partial charge in [0, 0.05) is 17.8 Å². The second-order valence-corrected chi connectivity index (χ2v) is 8.09. The minimum absolute atomic E-state index is 0.0478. The van der Waals surface area contributed by atoms with Crippen molar-refractivity contribution in [1.29, 1.82) is 0 Å². The van der Waals surface area contributed by atoms with Crippen LogP contribution in [0, 0.1) is 10.1 Å². The number of thioether (sulfide) groups is 1. The first-order valence-electron chi connectivity index (χ1n) is 7.37. The number of amides is 2. The molecule has 9 nitrogen and oxygen atoms in total. The molecule has 0 saturated heterocycles. The first-order valence-corrected chi connectivity index (χ1v) is 10.0. The monoisotopic (exact) mass is 421 g/mol. The number of benzene rings is 1. The summed E-state index contributed by atoms with van der Waals surface area (Å²) >= 11 is 3.67. The topological polar surface area (TPSA) is 127 Å². The lowest BCUT2D eigenvalue weighted by molar-refractivity contribution is -0.384. The third-order valence-electron chi connectivity index (χ3n) is 3.06. The molecule has 0 aliphatic carbocycles. The van der Waals surface area contributed by atoms with Crippen molar-refractivity contribution in [2.75, 3.05) is 16.4 Å². The number of nitrogens with one attached hydrogen (secondary N) is 2. The molecule has 0 fully saturated rings. The SMILES string of the molecule is O=C(CSc1nnc(NC(=O)c2cccs2)s1)Nc1ccc([N+](=O)[O-])cc1. The number of aromatic nitrogens is 2. The summed E-state index contributed by atoms with van der Waals surface area (Å²) < 4.78 is 0.537. The van der Waals surface area contributed by atoms with Crippen molar-refractivity contribution in [3.05, 3.63) is 56.8 Å². The number of nitrogens with zero attached hydrogens (tertiary/aromatic N) is 3. The number of anilines is 2. The zero-order valence-electron chi connectivity index (χ0n) is 13.4. The van der Waals surface area contributed by atoms with Gasteiger partial charge in [-0.2, -0.15) is 0 Å². The number of hydrogen-bond donors (Lipinski definition) is 2. The molecule has 0 atom stereocenters. The Hall–Kier alpha value is -2.83. The van der Waals surface area contributed by atoms with Gasteiger partial charge in [0.1, 0.15) is 0 Å². The van der Waals surface area contributed by atoms with Crippen LogP contribution in [-0.2, 0) is 4.79 Å². The van der Waals surface area contributed by atoms with Crippen LogP contribution in [0.3, 0.4) is 0 Å². The molecule has 3 aromatic rings. The minimum Gasteiger partial charge on any atom is -0.325 e. The maximum Gasteiger partial charge on any atom is 0.269 e. The lowest BCUT2D eigenvalue weighted by Crippen LogP contribution is -2.13. The molecule has 0 spiro atoms. The van der Waals surface area contributed by atoms with Crippen LogP contribution in [0.4, 0.5) is 16.5 Å². The van der Waals surface area contributed by atoms with Gasteiger partial charge in [0.25, 0.3) is 11.6 Å². The fraction of sp³-hybridized carbons (Fsp3) is 0.0667. The molecular weight excluding hydrogens is 410 g/mol. The number of rotatable bonds is 7. The van der Waals surface area contributed by atoms with E-state index in [0.717, 1.165) is 0 Å². The van der Waals surface area contributed by atoms with Gasteiger partial charge >= 0.3 is 0 Å². The highest BCUT2D eigenvalue weighted by Crippen LogP contribution is 2.26. The summed E-state index contributed by atoms with van der Waals surface area (Å²) in [5, 5.41) is 25.9. The molecular formula is C15H11N5O4S3. The summed E-state index contributed by atoms with van der Waals surface area (Å²) in [6, 6.07) is 9.05. The van der Waals surface area contributed by atoms with E-state index in [-0.39, 0.29) is 23.3 Å². The quantitative estimate of drug-likeness (QED) is 0.259. The molecule has 3 rings (SSSR count). The normalized spacial score (nSPS) is 10.4. The van der Waals surface area contributed by atoms with Crippen LogP contribution in [0.25, 0.3) is 0 Å². The predicted octanol–water partition coefficient (Wildman–Crippen LogP) is 3.49. The second kappa shape index (κ2) is 8.70. The number of hydrogen-bond acceptors (Lipinski definition) is 9. The van der Waals surface area contributed by atoms with E-state index in [1.54, 1.807) is 17.5 Å². The number of carbonyl (C=O) groups is 2. The highest BCUT2D eigenvalue weighted by molar-refractivity contribution is 8.01. The van der Waals surface area contributed by atoms with Gasteiger partial charge in [-0.1, -0.05) is 29.2 Å². The molecule has 0 unspecified atom stereocenters. The van der Waals surface area contributed by atoms with E-state index in [1.165, 1.54) is 58.7 Å². The van der Waals surface area contributed by atoms with Gasteiger partial charge in [0.05, 0.1) is 15.6 Å². The largest absolute Gasteiger partial charge is 0.325 e. The molecule has 0 bridgehead atoms. The smallest absolute Gasteiger partial charge is 0.269 e. The fourth-order valence-electron chi connectivity index (χ4n) is 1.88. The van der Waals surface area contributed by atoms with Crippen molar-refractivity contribution in [1.82, 2.24) is 10.2 Å². The summed E-state index contributed by atoms with van der Waals surface area (Å²) in [6.07, 6.45) is 0. The molecule has 27 heavy (non-hydrogen) atoms. The molecule has 0 radical (unpaired) electrons. The lowest BCUT2D eigenvalue weighted by atomic mass is 10.3. The molecule has 138 valence electrons. The number of non-ortho nitro benzene ring substituents is 1. The van der Waals surface area contributed by atoms with Gasteiger partial charge in [-0.15, -0.1) is 21.5 Å². The predicted molar refractivity (Wildman–Crippen MR) is 105 cm³/mol. The van der Waals surface area contributed by atoms with E-state index in [1.807, 2.05) is 0 Å². The van der Waals surface area contributed by atoms with Crippen molar-refractivity contribution in [2.45, 2.75) is 4.34 Å². The van der Waals surface area contributed by atoms with Gasteiger partial charge in [-0.3, -0.25) is 25.0 Å². The third-order valence-corrected chi connectivity index (χ3v) is 5.90. The van der Waals surface area contributed by atoms with E-state index in [0.29, 0.717) is 20.0 Å². The van der Waals surface area contributed by atoms with Crippen molar-refractivity contribution >= 4 is 62.8 Å². The Kier molecular flexibility index (Phi) is 6.11. The van der Waals surface area contributed by atoms with Crippen LogP contribution >= 0.6 is 34.4 Å². The standard InChI is InChI=1S/C15H11N5O4S3/c21-12(16-9-3-5-10(6-4-9)20(23)24)8-26-15-19-18-14(27-15)17-13(22)11-2-1-7-25-11/h1-7H,8H2,(H,16,21)(H,17,18,22). The average Bonchev–Trinajstić information content (AvgIpc) is 3.32. The van der Waals surface area contributed by atoms with Gasteiger partial charge in [0.2, 0.25) is 11.0 Å². The second-order valence-electron chi connectivity index (χ2n) is 4.95. The maximum absolute atomic E-state index is 12.0. The van der Waals surface area contributed by atoms with Crippen LogP contribution in [0.15, 0.2) is 46.1 Å².